The van der Waals surface area contributed by atoms with Gasteiger partial charge < -0.3 is 21.7 Å². The minimum atomic E-state index is -0.932. The summed E-state index contributed by atoms with van der Waals surface area (Å²) < 4.78 is 27.5. The molecule has 4 amide bonds. The summed E-state index contributed by atoms with van der Waals surface area (Å²) in [6.07, 6.45) is 4.04. The van der Waals surface area contributed by atoms with Crippen molar-refractivity contribution in [3.63, 3.8) is 0 Å². The van der Waals surface area contributed by atoms with Crippen molar-refractivity contribution in [1.29, 1.82) is 0 Å². The van der Waals surface area contributed by atoms with Gasteiger partial charge in [0.15, 0.2) is 0 Å². The van der Waals surface area contributed by atoms with Crippen molar-refractivity contribution in [3.05, 3.63) is 53.6 Å². The molecule has 0 aromatic heterocycles. The van der Waals surface area contributed by atoms with Crippen LogP contribution in [0, 0.1) is 17.6 Å². The maximum absolute atomic E-state index is 14.2. The third kappa shape index (κ3) is 5.48. The van der Waals surface area contributed by atoms with E-state index in [2.05, 4.69) is 16.0 Å². The first-order chi connectivity index (χ1) is 17.1. The van der Waals surface area contributed by atoms with E-state index in [1.807, 2.05) is 13.8 Å². The van der Waals surface area contributed by atoms with Crippen LogP contribution in [0.2, 0.25) is 0 Å². The van der Waals surface area contributed by atoms with Gasteiger partial charge in [0, 0.05) is 23.7 Å². The van der Waals surface area contributed by atoms with Crippen molar-refractivity contribution in [2.24, 2.45) is 11.7 Å². The monoisotopic (exact) mass is 499 g/mol. The van der Waals surface area contributed by atoms with E-state index in [0.717, 1.165) is 37.8 Å². The van der Waals surface area contributed by atoms with E-state index >= 15 is 0 Å². The van der Waals surface area contributed by atoms with Gasteiger partial charge in [-0.15, -0.1) is 0 Å². The highest BCUT2D eigenvalue weighted by Crippen LogP contribution is 2.35. The van der Waals surface area contributed by atoms with Crippen molar-refractivity contribution < 1.29 is 23.2 Å². The molecule has 1 heterocycles. The molecule has 0 radical (unpaired) electrons. The fourth-order valence-corrected chi connectivity index (χ4v) is 4.76. The first-order valence-corrected chi connectivity index (χ1v) is 12.2. The Morgan fingerprint density at radius 2 is 1.89 bits per heavy atom. The number of carbonyl (C=O) groups excluding carboxylic acids is 3. The average Bonchev–Trinajstić information content (AvgIpc) is 2.82. The molecule has 3 unspecified atom stereocenters. The lowest BCUT2D eigenvalue weighted by molar-refractivity contribution is -0.117. The number of hydrogen-bond acceptors (Lipinski definition) is 4. The van der Waals surface area contributed by atoms with Gasteiger partial charge in [-0.05, 0) is 55.5 Å². The molecule has 1 aliphatic carbocycles. The van der Waals surface area contributed by atoms with Gasteiger partial charge in [-0.3, -0.25) is 14.5 Å². The standard InChI is InChI=1S/C26H31F2N5O3/c1-14(2)11-23-25(35)31-21-12-15(24(34)30-20-6-4-3-5-18(20)29)7-10-22(21)33(23)26(36)32-19-9-8-16(27)13-17(19)28/h7-10,12-14,18,20,23H,3-6,11,29H2,1-2H3,(H,30,34)(H,31,35)(H,32,36). The number of fused-ring (bicyclic) bond motifs is 1. The van der Waals surface area contributed by atoms with E-state index in [4.69, 9.17) is 5.73 Å². The summed E-state index contributed by atoms with van der Waals surface area (Å²) in [5, 5.41) is 8.22. The largest absolute Gasteiger partial charge is 0.348 e. The van der Waals surface area contributed by atoms with Crippen LogP contribution in [0.4, 0.5) is 30.6 Å². The normalized spacial score (nSPS) is 21.6. The number of nitrogens with zero attached hydrogens (tertiary/aromatic N) is 1. The molecule has 2 aliphatic rings. The minimum Gasteiger partial charge on any atom is -0.348 e. The summed E-state index contributed by atoms with van der Waals surface area (Å²) in [5.74, 6) is -2.37. The lowest BCUT2D eigenvalue weighted by atomic mass is 9.91. The predicted molar refractivity (Wildman–Crippen MR) is 134 cm³/mol. The van der Waals surface area contributed by atoms with E-state index in [9.17, 15) is 23.2 Å². The molecule has 0 saturated heterocycles. The molecule has 4 rings (SSSR count). The SMILES string of the molecule is CC(C)CC1C(=O)Nc2cc(C(=O)NC3CCCCC3N)ccc2N1C(=O)Nc1ccc(F)cc1F. The van der Waals surface area contributed by atoms with Crippen molar-refractivity contribution in [2.75, 3.05) is 15.5 Å². The zero-order valence-electron chi connectivity index (χ0n) is 20.3. The number of hydrogen-bond donors (Lipinski definition) is 4. The van der Waals surface area contributed by atoms with E-state index in [-0.39, 0.29) is 35.3 Å². The molecule has 1 aliphatic heterocycles. The molecular formula is C26H31F2N5O3. The van der Waals surface area contributed by atoms with Crippen LogP contribution in [0.15, 0.2) is 36.4 Å². The first-order valence-electron chi connectivity index (χ1n) is 12.2. The van der Waals surface area contributed by atoms with E-state index in [1.165, 1.54) is 11.0 Å². The van der Waals surface area contributed by atoms with Gasteiger partial charge in [0.1, 0.15) is 17.7 Å². The van der Waals surface area contributed by atoms with E-state index < -0.39 is 29.6 Å². The molecule has 0 bridgehead atoms. The van der Waals surface area contributed by atoms with Crippen LogP contribution in [-0.4, -0.2) is 36.0 Å². The molecule has 1 fully saturated rings. The Labute approximate surface area is 208 Å². The number of nitrogens with two attached hydrogens (primary N) is 1. The van der Waals surface area contributed by atoms with Crippen molar-refractivity contribution in [3.8, 4) is 0 Å². The van der Waals surface area contributed by atoms with E-state index in [1.54, 1.807) is 12.1 Å². The molecular weight excluding hydrogens is 468 g/mol. The van der Waals surface area contributed by atoms with Crippen LogP contribution in [0.5, 0.6) is 0 Å². The second kappa shape index (κ2) is 10.6. The maximum Gasteiger partial charge on any atom is 0.327 e. The highest BCUT2D eigenvalue weighted by molar-refractivity contribution is 6.15. The van der Waals surface area contributed by atoms with Crippen LogP contribution >= 0.6 is 0 Å². The van der Waals surface area contributed by atoms with Crippen LogP contribution in [-0.2, 0) is 4.79 Å². The van der Waals surface area contributed by atoms with Gasteiger partial charge >= 0.3 is 6.03 Å². The third-order valence-corrected chi connectivity index (χ3v) is 6.61. The molecule has 2 aromatic rings. The van der Waals surface area contributed by atoms with Gasteiger partial charge in [-0.1, -0.05) is 26.7 Å². The number of amides is 4. The van der Waals surface area contributed by atoms with Crippen molar-refractivity contribution in [1.82, 2.24) is 5.32 Å². The zero-order chi connectivity index (χ0) is 26.0. The zero-order valence-corrected chi connectivity index (χ0v) is 20.3. The van der Waals surface area contributed by atoms with Crippen LogP contribution in [0.25, 0.3) is 0 Å². The Balaban J connectivity index is 1.63. The molecule has 0 spiro atoms. The second-order valence-electron chi connectivity index (χ2n) is 9.82. The number of rotatable bonds is 5. The highest BCUT2D eigenvalue weighted by atomic mass is 19.1. The van der Waals surface area contributed by atoms with Gasteiger partial charge in [0.25, 0.3) is 5.91 Å². The number of carbonyl (C=O) groups is 3. The van der Waals surface area contributed by atoms with Gasteiger partial charge in [-0.2, -0.15) is 0 Å². The molecule has 36 heavy (non-hydrogen) atoms. The summed E-state index contributed by atoms with van der Waals surface area (Å²) >= 11 is 0. The summed E-state index contributed by atoms with van der Waals surface area (Å²) in [6, 6.07) is 5.65. The smallest absolute Gasteiger partial charge is 0.327 e. The Kier molecular flexibility index (Phi) is 7.53. The quantitative estimate of drug-likeness (QED) is 0.489. The fraction of sp³-hybridized carbons (Fsp3) is 0.423. The lowest BCUT2D eigenvalue weighted by Gasteiger charge is -2.37. The molecule has 10 heteroatoms. The van der Waals surface area contributed by atoms with Crippen LogP contribution in [0.3, 0.4) is 0 Å². The number of urea groups is 1. The summed E-state index contributed by atoms with van der Waals surface area (Å²) in [7, 11) is 0. The summed E-state index contributed by atoms with van der Waals surface area (Å²) in [6.45, 7) is 3.84. The number of benzene rings is 2. The Hall–Kier alpha value is -3.53. The van der Waals surface area contributed by atoms with Gasteiger partial charge in [0.2, 0.25) is 5.91 Å². The second-order valence-corrected chi connectivity index (χ2v) is 9.82. The van der Waals surface area contributed by atoms with Crippen LogP contribution < -0.4 is 26.6 Å². The fourth-order valence-electron chi connectivity index (χ4n) is 4.76. The summed E-state index contributed by atoms with van der Waals surface area (Å²) in [5.41, 5.74) is 6.91. The lowest BCUT2D eigenvalue weighted by Crippen LogP contribution is -2.53. The topological polar surface area (TPSA) is 117 Å². The van der Waals surface area contributed by atoms with Crippen LogP contribution in [0.1, 0.15) is 56.3 Å². The minimum absolute atomic E-state index is 0.0740. The summed E-state index contributed by atoms with van der Waals surface area (Å²) in [4.78, 5) is 40.5. The highest BCUT2D eigenvalue weighted by Gasteiger charge is 2.38. The molecule has 5 N–H and O–H groups in total. The molecule has 192 valence electrons. The third-order valence-electron chi connectivity index (χ3n) is 6.61. The van der Waals surface area contributed by atoms with Crippen molar-refractivity contribution in [2.45, 2.75) is 64.1 Å². The maximum atomic E-state index is 14.2. The number of halogens is 2. The molecule has 2 aromatic carbocycles. The molecule has 8 nitrogen and oxygen atoms in total. The predicted octanol–water partition coefficient (Wildman–Crippen LogP) is 4.37. The Morgan fingerprint density at radius 1 is 1.14 bits per heavy atom. The van der Waals surface area contributed by atoms with E-state index in [0.29, 0.717) is 23.7 Å². The van der Waals surface area contributed by atoms with Gasteiger partial charge in [-0.25, -0.2) is 13.6 Å². The van der Waals surface area contributed by atoms with Crippen molar-refractivity contribution >= 4 is 34.9 Å². The number of nitrogens with one attached hydrogen (secondary N) is 3. The van der Waals surface area contributed by atoms with Gasteiger partial charge in [0.05, 0.1) is 17.1 Å². The number of anilines is 3. The first kappa shape index (κ1) is 25.6. The Morgan fingerprint density at radius 3 is 2.58 bits per heavy atom. The average molecular weight is 500 g/mol. The molecule has 1 saturated carbocycles. The Bertz CT molecular complexity index is 1170. The molecule has 3 atom stereocenters.